The average molecular weight is 429 g/mol. The minimum Gasteiger partial charge on any atom is -0.487 e. The van der Waals surface area contributed by atoms with Crippen LogP contribution in [0.5, 0.6) is 5.75 Å². The van der Waals surface area contributed by atoms with Crippen molar-refractivity contribution in [2.75, 3.05) is 19.6 Å². The van der Waals surface area contributed by atoms with E-state index in [1.54, 1.807) is 0 Å². The second-order valence-electron chi connectivity index (χ2n) is 9.34. The van der Waals surface area contributed by atoms with E-state index in [0.717, 1.165) is 70.9 Å². The van der Waals surface area contributed by atoms with Crippen molar-refractivity contribution in [3.63, 3.8) is 0 Å². The predicted molar refractivity (Wildman–Crippen MR) is 124 cm³/mol. The van der Waals surface area contributed by atoms with Crippen LogP contribution in [-0.4, -0.2) is 53.4 Å². The Morgan fingerprint density at radius 2 is 1.68 bits per heavy atom. The van der Waals surface area contributed by atoms with Crippen molar-refractivity contribution in [3.8, 4) is 5.75 Å². The number of benzene rings is 1. The Hall–Kier alpha value is -2.04. The van der Waals surface area contributed by atoms with Crippen molar-refractivity contribution in [1.82, 2.24) is 9.80 Å². The van der Waals surface area contributed by atoms with Gasteiger partial charge in [-0.2, -0.15) is 0 Å². The van der Waals surface area contributed by atoms with Crippen LogP contribution in [0.2, 0.25) is 0 Å². The van der Waals surface area contributed by atoms with E-state index in [9.17, 15) is 9.59 Å². The zero-order valence-corrected chi connectivity index (χ0v) is 19.6. The van der Waals surface area contributed by atoms with Crippen molar-refractivity contribution in [3.05, 3.63) is 29.8 Å². The van der Waals surface area contributed by atoms with Crippen LogP contribution in [0.1, 0.15) is 88.9 Å². The maximum absolute atomic E-state index is 13.3. The third-order valence-electron chi connectivity index (χ3n) is 6.74. The lowest BCUT2D eigenvalue weighted by molar-refractivity contribution is -0.140. The maximum Gasteiger partial charge on any atom is 0.257 e. The summed E-state index contributed by atoms with van der Waals surface area (Å²) >= 11 is 0. The molecule has 0 saturated heterocycles. The zero-order chi connectivity index (χ0) is 22.2. The van der Waals surface area contributed by atoms with Gasteiger partial charge in [0.15, 0.2) is 0 Å². The summed E-state index contributed by atoms with van der Waals surface area (Å²) in [5, 5.41) is 0. The van der Waals surface area contributed by atoms with Gasteiger partial charge in [-0.25, -0.2) is 0 Å². The molecule has 1 aromatic rings. The summed E-state index contributed by atoms with van der Waals surface area (Å²) in [6.45, 7) is 8.32. The fourth-order valence-corrected chi connectivity index (χ4v) is 4.94. The molecule has 0 radical (unpaired) electrons. The topological polar surface area (TPSA) is 49.9 Å². The number of amides is 2. The first-order chi connectivity index (χ1) is 15.0. The standard InChI is InChI=1S/C26H40N2O3/c1-4-27-18-12-6-5-7-13-19-28(25(29)20(2)3)22-15-9-11-17-24(22)31-23-16-10-8-14-21(23)26(27)30/h8,10,14,16,20,22,24H,4-7,9,11-13,15,17-19H2,1-3H3/t22-,24+/m1/s1. The second kappa shape index (κ2) is 11.5. The number of hydrogen-bond donors (Lipinski definition) is 0. The highest BCUT2D eigenvalue weighted by atomic mass is 16.5. The fraction of sp³-hybridized carbons (Fsp3) is 0.692. The Morgan fingerprint density at radius 1 is 1.00 bits per heavy atom. The molecule has 1 aliphatic carbocycles. The summed E-state index contributed by atoms with van der Waals surface area (Å²) in [6, 6.07) is 7.73. The van der Waals surface area contributed by atoms with Gasteiger partial charge in [-0.15, -0.1) is 0 Å². The van der Waals surface area contributed by atoms with Gasteiger partial charge in [0.25, 0.3) is 5.91 Å². The first-order valence-corrected chi connectivity index (χ1v) is 12.4. The van der Waals surface area contributed by atoms with Gasteiger partial charge in [-0.3, -0.25) is 9.59 Å². The molecular weight excluding hydrogens is 388 g/mol. The summed E-state index contributed by atoms with van der Waals surface area (Å²) in [5.41, 5.74) is 0.644. The quantitative estimate of drug-likeness (QED) is 0.643. The normalized spacial score (nSPS) is 23.9. The zero-order valence-electron chi connectivity index (χ0n) is 19.6. The highest BCUT2D eigenvalue weighted by Crippen LogP contribution is 2.31. The molecule has 1 aliphatic heterocycles. The van der Waals surface area contributed by atoms with E-state index in [0.29, 0.717) is 17.9 Å². The van der Waals surface area contributed by atoms with E-state index < -0.39 is 0 Å². The van der Waals surface area contributed by atoms with Gasteiger partial charge in [0, 0.05) is 25.6 Å². The Kier molecular flexibility index (Phi) is 8.79. The van der Waals surface area contributed by atoms with Crippen molar-refractivity contribution in [2.45, 2.75) is 90.7 Å². The molecule has 2 amide bonds. The minimum atomic E-state index is -0.0643. The van der Waals surface area contributed by atoms with Crippen LogP contribution in [-0.2, 0) is 4.79 Å². The fourth-order valence-electron chi connectivity index (χ4n) is 4.94. The van der Waals surface area contributed by atoms with Crippen LogP contribution in [0.15, 0.2) is 24.3 Å². The third-order valence-corrected chi connectivity index (χ3v) is 6.74. The number of rotatable bonds is 2. The van der Waals surface area contributed by atoms with Gasteiger partial charge in [0.2, 0.25) is 5.91 Å². The second-order valence-corrected chi connectivity index (χ2v) is 9.34. The maximum atomic E-state index is 13.3. The smallest absolute Gasteiger partial charge is 0.257 e. The Labute approximate surface area is 188 Å². The van der Waals surface area contributed by atoms with Crippen molar-refractivity contribution >= 4 is 11.8 Å². The summed E-state index contributed by atoms with van der Waals surface area (Å²) in [7, 11) is 0. The van der Waals surface area contributed by atoms with Crippen LogP contribution < -0.4 is 4.74 Å². The molecule has 1 fully saturated rings. The van der Waals surface area contributed by atoms with Crippen LogP contribution in [0.4, 0.5) is 0 Å². The van der Waals surface area contributed by atoms with Gasteiger partial charge < -0.3 is 14.5 Å². The lowest BCUT2D eigenvalue weighted by Crippen LogP contribution is -2.52. The first kappa shape index (κ1) is 23.6. The Balaban J connectivity index is 1.93. The van der Waals surface area contributed by atoms with E-state index in [-0.39, 0.29) is 29.9 Å². The number of carbonyl (C=O) groups excluding carboxylic acids is 2. The lowest BCUT2D eigenvalue weighted by atomic mass is 9.90. The third kappa shape index (κ3) is 6.02. The van der Waals surface area contributed by atoms with Crippen molar-refractivity contribution in [2.24, 2.45) is 5.92 Å². The van der Waals surface area contributed by atoms with Crippen LogP contribution in [0, 0.1) is 5.92 Å². The molecule has 2 aliphatic rings. The average Bonchev–Trinajstić information content (AvgIpc) is 2.78. The molecule has 1 heterocycles. The number of hydrogen-bond acceptors (Lipinski definition) is 3. The monoisotopic (exact) mass is 428 g/mol. The van der Waals surface area contributed by atoms with Crippen LogP contribution in [0.25, 0.3) is 0 Å². The molecular formula is C26H40N2O3. The Bertz CT molecular complexity index is 733. The van der Waals surface area contributed by atoms with E-state index >= 15 is 0 Å². The molecule has 5 nitrogen and oxygen atoms in total. The molecule has 31 heavy (non-hydrogen) atoms. The van der Waals surface area contributed by atoms with Crippen molar-refractivity contribution < 1.29 is 14.3 Å². The molecule has 0 bridgehead atoms. The minimum absolute atomic E-state index is 0.0170. The van der Waals surface area contributed by atoms with Gasteiger partial charge in [-0.05, 0) is 51.2 Å². The van der Waals surface area contributed by atoms with E-state index in [1.165, 1.54) is 0 Å². The molecule has 1 saturated carbocycles. The van der Waals surface area contributed by atoms with E-state index in [1.807, 2.05) is 49.9 Å². The highest BCUT2D eigenvalue weighted by Gasteiger charge is 2.35. The summed E-state index contributed by atoms with van der Waals surface area (Å²) in [6.07, 6.45) is 9.50. The van der Waals surface area contributed by atoms with E-state index in [2.05, 4.69) is 4.90 Å². The van der Waals surface area contributed by atoms with Gasteiger partial charge >= 0.3 is 0 Å². The van der Waals surface area contributed by atoms with E-state index in [4.69, 9.17) is 4.74 Å². The van der Waals surface area contributed by atoms with Crippen molar-refractivity contribution in [1.29, 1.82) is 0 Å². The Morgan fingerprint density at radius 3 is 2.42 bits per heavy atom. The molecule has 0 spiro atoms. The number of carbonyl (C=O) groups is 2. The van der Waals surface area contributed by atoms with Crippen LogP contribution in [0.3, 0.4) is 0 Å². The molecule has 2 atom stereocenters. The molecule has 1 aromatic carbocycles. The molecule has 0 aromatic heterocycles. The van der Waals surface area contributed by atoms with Crippen LogP contribution >= 0.6 is 0 Å². The number of para-hydroxylation sites is 1. The molecule has 5 heteroatoms. The first-order valence-electron chi connectivity index (χ1n) is 12.4. The molecule has 0 unspecified atom stereocenters. The van der Waals surface area contributed by atoms with Gasteiger partial charge in [0.1, 0.15) is 11.9 Å². The molecule has 172 valence electrons. The largest absolute Gasteiger partial charge is 0.487 e. The number of fused-ring (bicyclic) bond motifs is 2. The highest BCUT2D eigenvalue weighted by molar-refractivity contribution is 5.97. The van der Waals surface area contributed by atoms with Gasteiger partial charge in [0.05, 0.1) is 11.6 Å². The summed E-state index contributed by atoms with van der Waals surface area (Å²) in [5.74, 6) is 0.924. The lowest BCUT2D eigenvalue weighted by Gasteiger charge is -2.41. The SMILES string of the molecule is CCN1CCCCCCCN(C(=O)C(C)C)[C@@H]2CCCC[C@@H]2Oc2ccccc2C1=O. The summed E-state index contributed by atoms with van der Waals surface area (Å²) in [4.78, 5) is 30.5. The predicted octanol–water partition coefficient (Wildman–Crippen LogP) is 5.29. The molecule has 3 rings (SSSR count). The number of nitrogens with zero attached hydrogens (tertiary/aromatic N) is 2. The van der Waals surface area contributed by atoms with Gasteiger partial charge in [-0.1, -0.05) is 51.7 Å². The summed E-state index contributed by atoms with van der Waals surface area (Å²) < 4.78 is 6.56. The number of ether oxygens (including phenoxy) is 1. The molecule has 0 N–H and O–H groups in total.